The molecule has 2 aromatic carbocycles. The maximum absolute atomic E-state index is 3.59. The third kappa shape index (κ3) is 3.22. The molecule has 1 aromatic heterocycles. The number of nitrogens with zero attached hydrogens (tertiary/aromatic N) is 1. The molecule has 156 valence electrons. The van der Waals surface area contributed by atoms with Crippen molar-refractivity contribution in [3.05, 3.63) is 69.7 Å². The van der Waals surface area contributed by atoms with Crippen molar-refractivity contribution in [1.82, 2.24) is 9.88 Å². The normalized spacial score (nSPS) is 22.3. The van der Waals surface area contributed by atoms with Crippen molar-refractivity contribution in [1.29, 1.82) is 0 Å². The van der Waals surface area contributed by atoms with E-state index in [4.69, 9.17) is 0 Å². The van der Waals surface area contributed by atoms with Crippen LogP contribution in [0.15, 0.2) is 42.5 Å². The van der Waals surface area contributed by atoms with Gasteiger partial charge in [-0.25, -0.2) is 0 Å². The molecular formula is C28H34N2. The minimum Gasteiger partial charge on any atom is -0.355 e. The Morgan fingerprint density at radius 3 is 2.70 bits per heavy atom. The SMILES string of the molecule is C/C=c1\c(=C/CC)[nH]c2ccc(CN3CCC4(CC3)CC(C)c3ccccc34)cc12. The average molecular weight is 399 g/mol. The second-order valence-corrected chi connectivity index (χ2v) is 9.48. The Hall–Kier alpha value is -2.32. The standard InChI is InChI=1S/C28H34N2/c1-4-8-26-22(5-2)24-17-21(11-12-27(24)29-26)19-30-15-13-28(14-16-30)18-20(3)23-9-6-7-10-25(23)28/h5-12,17,20,29H,4,13-16,18-19H2,1-3H3/b22-5-,26-8+. The first-order chi connectivity index (χ1) is 14.6. The Labute approximate surface area is 180 Å². The number of hydrogen-bond acceptors (Lipinski definition) is 1. The molecular weight excluding hydrogens is 364 g/mol. The van der Waals surface area contributed by atoms with Crippen LogP contribution < -0.4 is 10.6 Å². The zero-order valence-corrected chi connectivity index (χ0v) is 18.7. The fraction of sp³-hybridized carbons (Fsp3) is 0.429. The Balaban J connectivity index is 1.35. The predicted molar refractivity (Wildman–Crippen MR) is 128 cm³/mol. The summed E-state index contributed by atoms with van der Waals surface area (Å²) in [6.07, 6.45) is 9.52. The Kier molecular flexibility index (Phi) is 5.06. The number of benzene rings is 2. The van der Waals surface area contributed by atoms with Gasteiger partial charge in [0.05, 0.1) is 0 Å². The van der Waals surface area contributed by atoms with Crippen LogP contribution in [0.3, 0.4) is 0 Å². The summed E-state index contributed by atoms with van der Waals surface area (Å²) in [5, 5.41) is 3.98. The highest BCUT2D eigenvalue weighted by atomic mass is 15.1. The number of nitrogens with one attached hydrogen (secondary N) is 1. The van der Waals surface area contributed by atoms with E-state index in [2.05, 4.69) is 85.3 Å². The van der Waals surface area contributed by atoms with Crippen molar-refractivity contribution in [3.63, 3.8) is 0 Å². The van der Waals surface area contributed by atoms with E-state index in [9.17, 15) is 0 Å². The molecule has 1 fully saturated rings. The number of aromatic nitrogens is 1. The molecule has 0 saturated carbocycles. The summed E-state index contributed by atoms with van der Waals surface area (Å²) in [5.74, 6) is 0.710. The van der Waals surface area contributed by atoms with Crippen molar-refractivity contribution < 1.29 is 0 Å². The Bertz CT molecular complexity index is 1180. The summed E-state index contributed by atoms with van der Waals surface area (Å²) < 4.78 is 0. The summed E-state index contributed by atoms with van der Waals surface area (Å²) in [7, 11) is 0. The van der Waals surface area contributed by atoms with Crippen LogP contribution >= 0.6 is 0 Å². The second kappa shape index (κ2) is 7.74. The van der Waals surface area contributed by atoms with E-state index in [1.807, 2.05) is 0 Å². The molecule has 2 aliphatic rings. The average Bonchev–Trinajstić information content (AvgIpc) is 3.25. The van der Waals surface area contributed by atoms with Gasteiger partial charge >= 0.3 is 0 Å². The monoisotopic (exact) mass is 398 g/mol. The number of hydrogen-bond donors (Lipinski definition) is 1. The molecule has 1 aliphatic carbocycles. The van der Waals surface area contributed by atoms with E-state index in [1.165, 1.54) is 59.4 Å². The van der Waals surface area contributed by atoms with Gasteiger partial charge in [0.2, 0.25) is 0 Å². The van der Waals surface area contributed by atoms with Crippen LogP contribution in [0.1, 0.15) is 69.1 Å². The molecule has 0 radical (unpaired) electrons. The molecule has 1 atom stereocenters. The van der Waals surface area contributed by atoms with Gasteiger partial charge in [0.1, 0.15) is 0 Å². The third-order valence-corrected chi connectivity index (χ3v) is 7.61. The number of H-pyrrole nitrogens is 1. The molecule has 1 aliphatic heterocycles. The van der Waals surface area contributed by atoms with E-state index >= 15 is 0 Å². The van der Waals surface area contributed by atoms with Gasteiger partial charge in [0, 0.05) is 28.0 Å². The largest absolute Gasteiger partial charge is 0.355 e. The molecule has 1 N–H and O–H groups in total. The first-order valence-corrected chi connectivity index (χ1v) is 11.7. The molecule has 2 heterocycles. The van der Waals surface area contributed by atoms with Crippen LogP contribution in [-0.4, -0.2) is 23.0 Å². The van der Waals surface area contributed by atoms with Gasteiger partial charge in [0.15, 0.2) is 0 Å². The van der Waals surface area contributed by atoms with Gasteiger partial charge in [-0.1, -0.05) is 56.3 Å². The molecule has 2 heteroatoms. The minimum atomic E-state index is 0.423. The van der Waals surface area contributed by atoms with Crippen LogP contribution in [0.5, 0.6) is 0 Å². The van der Waals surface area contributed by atoms with Crippen LogP contribution in [0, 0.1) is 0 Å². The van der Waals surface area contributed by atoms with E-state index < -0.39 is 0 Å². The van der Waals surface area contributed by atoms with E-state index in [0.29, 0.717) is 11.3 Å². The fourth-order valence-electron chi connectivity index (χ4n) is 6.14. The fourth-order valence-corrected chi connectivity index (χ4v) is 6.14. The summed E-state index contributed by atoms with van der Waals surface area (Å²) in [4.78, 5) is 6.26. The van der Waals surface area contributed by atoms with Gasteiger partial charge in [-0.05, 0) is 85.9 Å². The Morgan fingerprint density at radius 1 is 1.13 bits per heavy atom. The zero-order valence-electron chi connectivity index (χ0n) is 18.7. The van der Waals surface area contributed by atoms with E-state index in [1.54, 1.807) is 11.1 Å². The molecule has 1 spiro atoms. The van der Waals surface area contributed by atoms with Gasteiger partial charge < -0.3 is 4.98 Å². The molecule has 3 aromatic rings. The van der Waals surface area contributed by atoms with Crippen molar-refractivity contribution >= 4 is 23.1 Å². The summed E-state index contributed by atoms with van der Waals surface area (Å²) in [6.45, 7) is 10.2. The van der Waals surface area contributed by atoms with Gasteiger partial charge in [-0.3, -0.25) is 4.90 Å². The molecule has 5 rings (SSSR count). The predicted octanol–water partition coefficient (Wildman–Crippen LogP) is 5.20. The highest BCUT2D eigenvalue weighted by Gasteiger charge is 2.43. The lowest BCUT2D eigenvalue weighted by Gasteiger charge is -2.40. The maximum Gasteiger partial charge on any atom is 0.0464 e. The lowest BCUT2D eigenvalue weighted by Crippen LogP contribution is -2.41. The van der Waals surface area contributed by atoms with Crippen LogP contribution in [-0.2, 0) is 12.0 Å². The minimum absolute atomic E-state index is 0.423. The van der Waals surface area contributed by atoms with Crippen molar-refractivity contribution in [2.45, 2.75) is 64.3 Å². The summed E-state index contributed by atoms with van der Waals surface area (Å²) in [6, 6.07) is 16.2. The number of likely N-dealkylation sites (tertiary alicyclic amines) is 1. The van der Waals surface area contributed by atoms with Gasteiger partial charge in [-0.2, -0.15) is 0 Å². The molecule has 1 saturated heterocycles. The van der Waals surface area contributed by atoms with Gasteiger partial charge in [-0.15, -0.1) is 0 Å². The van der Waals surface area contributed by atoms with Crippen LogP contribution in [0.4, 0.5) is 0 Å². The number of aromatic amines is 1. The quantitative estimate of drug-likeness (QED) is 0.642. The number of rotatable bonds is 3. The molecule has 0 amide bonds. The summed E-state index contributed by atoms with van der Waals surface area (Å²) >= 11 is 0. The highest BCUT2D eigenvalue weighted by molar-refractivity contribution is 5.81. The maximum atomic E-state index is 3.59. The van der Waals surface area contributed by atoms with E-state index in [0.717, 1.165) is 13.0 Å². The van der Waals surface area contributed by atoms with E-state index in [-0.39, 0.29) is 0 Å². The number of fused-ring (bicyclic) bond motifs is 3. The second-order valence-electron chi connectivity index (χ2n) is 9.48. The third-order valence-electron chi connectivity index (χ3n) is 7.61. The van der Waals surface area contributed by atoms with Crippen LogP contribution in [0.25, 0.3) is 23.1 Å². The van der Waals surface area contributed by atoms with Crippen molar-refractivity contribution in [3.8, 4) is 0 Å². The van der Waals surface area contributed by atoms with Crippen molar-refractivity contribution in [2.24, 2.45) is 0 Å². The molecule has 0 bridgehead atoms. The summed E-state index contributed by atoms with van der Waals surface area (Å²) in [5.41, 5.74) is 6.36. The smallest absolute Gasteiger partial charge is 0.0464 e. The van der Waals surface area contributed by atoms with Crippen LogP contribution in [0.2, 0.25) is 0 Å². The Morgan fingerprint density at radius 2 is 1.93 bits per heavy atom. The zero-order chi connectivity index (χ0) is 20.7. The molecule has 2 nitrogen and oxygen atoms in total. The lowest BCUT2D eigenvalue weighted by atomic mass is 9.73. The first kappa shape index (κ1) is 19.6. The topological polar surface area (TPSA) is 19.0 Å². The highest BCUT2D eigenvalue weighted by Crippen LogP contribution is 2.51. The van der Waals surface area contributed by atoms with Gasteiger partial charge in [0.25, 0.3) is 0 Å². The first-order valence-electron chi connectivity index (χ1n) is 11.7. The lowest BCUT2D eigenvalue weighted by molar-refractivity contribution is 0.149. The molecule has 30 heavy (non-hydrogen) atoms. The molecule has 1 unspecified atom stereocenters. The number of piperidine rings is 1. The van der Waals surface area contributed by atoms with Crippen molar-refractivity contribution in [2.75, 3.05) is 13.1 Å².